The summed E-state index contributed by atoms with van der Waals surface area (Å²) >= 11 is 9.16. The van der Waals surface area contributed by atoms with Crippen LogP contribution in [0.25, 0.3) is 0 Å². The summed E-state index contributed by atoms with van der Waals surface area (Å²) in [4.78, 5) is 0. The van der Waals surface area contributed by atoms with E-state index >= 15 is 0 Å². The molecule has 0 aromatic heterocycles. The molecule has 0 amide bonds. The van der Waals surface area contributed by atoms with Crippen molar-refractivity contribution in [3.63, 3.8) is 0 Å². The summed E-state index contributed by atoms with van der Waals surface area (Å²) in [6.45, 7) is 0. The average Bonchev–Trinajstić information content (AvgIpc) is 2.62. The summed E-state index contributed by atoms with van der Waals surface area (Å²) in [6.07, 6.45) is 7.17. The van der Waals surface area contributed by atoms with Crippen LogP contribution >= 0.6 is 27.5 Å². The zero-order valence-electron chi connectivity index (χ0n) is 10.8. The van der Waals surface area contributed by atoms with Crippen molar-refractivity contribution < 1.29 is 9.50 Å². The predicted octanol–water partition coefficient (Wildman–Crippen LogP) is 5.64. The third kappa shape index (κ3) is 4.17. The number of rotatable bonds is 3. The highest BCUT2D eigenvalue weighted by atomic mass is 79.9. The topological polar surface area (TPSA) is 20.2 Å². The molecule has 1 atom stereocenters. The standard InChI is InChI=1S/C15H19BrClFO/c16-12-9-14(18)11(8-13(12)17)15(19)7-10-5-3-1-2-4-6-10/h8-10,15,19H,1-7H2. The molecule has 1 aliphatic rings. The summed E-state index contributed by atoms with van der Waals surface area (Å²) in [7, 11) is 0. The van der Waals surface area contributed by atoms with E-state index in [-0.39, 0.29) is 0 Å². The monoisotopic (exact) mass is 348 g/mol. The first kappa shape index (κ1) is 15.3. The van der Waals surface area contributed by atoms with Gasteiger partial charge in [-0.15, -0.1) is 0 Å². The summed E-state index contributed by atoms with van der Waals surface area (Å²) in [6, 6.07) is 2.86. The van der Waals surface area contributed by atoms with Gasteiger partial charge in [0.05, 0.1) is 11.1 Å². The largest absolute Gasteiger partial charge is 0.388 e. The lowest BCUT2D eigenvalue weighted by molar-refractivity contribution is 0.135. The summed E-state index contributed by atoms with van der Waals surface area (Å²) in [5.41, 5.74) is 0.317. The van der Waals surface area contributed by atoms with Crippen LogP contribution in [0.2, 0.25) is 5.02 Å². The molecule has 2 rings (SSSR count). The zero-order valence-corrected chi connectivity index (χ0v) is 13.2. The molecule has 19 heavy (non-hydrogen) atoms. The Bertz CT molecular complexity index is 430. The summed E-state index contributed by atoms with van der Waals surface area (Å²) in [5.74, 6) is 0.108. The van der Waals surface area contributed by atoms with Gasteiger partial charge in [0.15, 0.2) is 0 Å². The van der Waals surface area contributed by atoms with Gasteiger partial charge in [-0.2, -0.15) is 0 Å². The van der Waals surface area contributed by atoms with Gasteiger partial charge < -0.3 is 5.11 Å². The molecule has 0 radical (unpaired) electrons. The van der Waals surface area contributed by atoms with Crippen LogP contribution in [0.1, 0.15) is 56.6 Å². The van der Waals surface area contributed by atoms with E-state index in [0.717, 1.165) is 12.8 Å². The Morgan fingerprint density at radius 1 is 1.26 bits per heavy atom. The molecule has 4 heteroatoms. The van der Waals surface area contributed by atoms with Crippen molar-refractivity contribution in [2.24, 2.45) is 5.92 Å². The van der Waals surface area contributed by atoms with Gasteiger partial charge in [0.25, 0.3) is 0 Å². The van der Waals surface area contributed by atoms with Crippen LogP contribution in [0.4, 0.5) is 4.39 Å². The van der Waals surface area contributed by atoms with Crippen molar-refractivity contribution in [3.05, 3.63) is 33.0 Å². The van der Waals surface area contributed by atoms with Crippen molar-refractivity contribution in [1.29, 1.82) is 0 Å². The van der Waals surface area contributed by atoms with Gasteiger partial charge >= 0.3 is 0 Å². The first-order chi connectivity index (χ1) is 9.08. The molecule has 1 unspecified atom stereocenters. The molecule has 1 fully saturated rings. The van der Waals surface area contributed by atoms with Crippen LogP contribution in [0.5, 0.6) is 0 Å². The van der Waals surface area contributed by atoms with E-state index in [2.05, 4.69) is 15.9 Å². The number of benzene rings is 1. The molecule has 1 nitrogen and oxygen atoms in total. The molecule has 0 bridgehead atoms. The molecule has 106 valence electrons. The molecule has 0 saturated heterocycles. The summed E-state index contributed by atoms with van der Waals surface area (Å²) in [5, 5.41) is 10.7. The Balaban J connectivity index is 2.06. The van der Waals surface area contributed by atoms with Gasteiger partial charge in [0.1, 0.15) is 5.82 Å². The fourth-order valence-electron chi connectivity index (χ4n) is 2.84. The second kappa shape index (κ2) is 7.05. The second-order valence-corrected chi connectivity index (χ2v) is 6.66. The molecule has 1 N–H and O–H groups in total. The Morgan fingerprint density at radius 2 is 1.89 bits per heavy atom. The quantitative estimate of drug-likeness (QED) is 0.553. The van der Waals surface area contributed by atoms with Gasteiger partial charge in [-0.25, -0.2) is 4.39 Å². The lowest BCUT2D eigenvalue weighted by Crippen LogP contribution is -2.08. The molecule has 1 aromatic carbocycles. The lowest BCUT2D eigenvalue weighted by atomic mass is 9.91. The normalized spacial score (nSPS) is 19.2. The molecular weight excluding hydrogens is 331 g/mol. The van der Waals surface area contributed by atoms with Crippen molar-refractivity contribution in [3.8, 4) is 0 Å². The molecule has 0 heterocycles. The highest BCUT2D eigenvalue weighted by molar-refractivity contribution is 9.10. The van der Waals surface area contributed by atoms with E-state index in [1.165, 1.54) is 37.8 Å². The second-order valence-electron chi connectivity index (χ2n) is 5.40. The SMILES string of the molecule is OC(CC1CCCCCC1)c1cc(Cl)c(Br)cc1F. The molecular formula is C15H19BrClFO. The van der Waals surface area contributed by atoms with Crippen molar-refractivity contribution >= 4 is 27.5 Å². The minimum absolute atomic E-state index is 0.317. The van der Waals surface area contributed by atoms with Crippen LogP contribution in [0, 0.1) is 11.7 Å². The van der Waals surface area contributed by atoms with E-state index in [4.69, 9.17) is 11.6 Å². The third-order valence-corrected chi connectivity index (χ3v) is 5.13. The molecule has 0 aliphatic heterocycles. The first-order valence-corrected chi connectivity index (χ1v) is 8.07. The number of hydrogen-bond donors (Lipinski definition) is 1. The van der Waals surface area contributed by atoms with Crippen LogP contribution in [0.3, 0.4) is 0 Å². The number of hydrogen-bond acceptors (Lipinski definition) is 1. The van der Waals surface area contributed by atoms with Crippen molar-refractivity contribution in [2.45, 2.75) is 51.0 Å². The third-order valence-electron chi connectivity index (χ3n) is 3.93. The van der Waals surface area contributed by atoms with Gasteiger partial charge in [-0.1, -0.05) is 50.1 Å². The smallest absolute Gasteiger partial charge is 0.130 e. The number of aliphatic hydroxyl groups is 1. The molecule has 0 spiro atoms. The number of halogens is 3. The minimum Gasteiger partial charge on any atom is -0.388 e. The summed E-state index contributed by atoms with van der Waals surface area (Å²) < 4.78 is 14.4. The maximum atomic E-state index is 13.9. The van der Waals surface area contributed by atoms with Gasteiger partial charge in [0.2, 0.25) is 0 Å². The van der Waals surface area contributed by atoms with Crippen LogP contribution in [-0.2, 0) is 0 Å². The van der Waals surface area contributed by atoms with Crippen LogP contribution < -0.4 is 0 Å². The maximum absolute atomic E-state index is 13.9. The van der Waals surface area contributed by atoms with Gasteiger partial charge in [-0.05, 0) is 40.4 Å². The fraction of sp³-hybridized carbons (Fsp3) is 0.600. The molecule has 1 aromatic rings. The highest BCUT2D eigenvalue weighted by Gasteiger charge is 2.21. The Kier molecular flexibility index (Phi) is 5.67. The lowest BCUT2D eigenvalue weighted by Gasteiger charge is -2.19. The Labute approximate surface area is 127 Å². The minimum atomic E-state index is -0.756. The molecule has 1 saturated carbocycles. The highest BCUT2D eigenvalue weighted by Crippen LogP contribution is 2.34. The first-order valence-electron chi connectivity index (χ1n) is 6.90. The van der Waals surface area contributed by atoms with E-state index in [0.29, 0.717) is 27.4 Å². The molecule has 1 aliphatic carbocycles. The maximum Gasteiger partial charge on any atom is 0.130 e. The predicted molar refractivity (Wildman–Crippen MR) is 79.9 cm³/mol. The Morgan fingerprint density at radius 3 is 2.53 bits per heavy atom. The van der Waals surface area contributed by atoms with E-state index in [1.54, 1.807) is 0 Å². The zero-order chi connectivity index (χ0) is 13.8. The fourth-order valence-corrected chi connectivity index (χ4v) is 3.32. The number of aliphatic hydroxyl groups excluding tert-OH is 1. The van der Waals surface area contributed by atoms with Gasteiger partial charge in [0, 0.05) is 10.0 Å². The van der Waals surface area contributed by atoms with Crippen LogP contribution in [0.15, 0.2) is 16.6 Å². The van der Waals surface area contributed by atoms with Crippen molar-refractivity contribution in [1.82, 2.24) is 0 Å². The van der Waals surface area contributed by atoms with Crippen molar-refractivity contribution in [2.75, 3.05) is 0 Å². The van der Waals surface area contributed by atoms with E-state index in [9.17, 15) is 9.50 Å². The van der Waals surface area contributed by atoms with E-state index < -0.39 is 11.9 Å². The average molecular weight is 350 g/mol. The van der Waals surface area contributed by atoms with E-state index in [1.807, 2.05) is 0 Å². The van der Waals surface area contributed by atoms with Gasteiger partial charge in [-0.3, -0.25) is 0 Å². The Hall–Kier alpha value is -0.120. The van der Waals surface area contributed by atoms with Crippen LogP contribution in [-0.4, -0.2) is 5.11 Å².